The molecule has 1 heterocycles. The van der Waals surface area contributed by atoms with E-state index in [4.69, 9.17) is 0 Å². The number of benzene rings is 1. The van der Waals surface area contributed by atoms with Gasteiger partial charge in [-0.3, -0.25) is 0 Å². The van der Waals surface area contributed by atoms with E-state index in [0.29, 0.717) is 6.04 Å². The Balaban J connectivity index is 1.63. The van der Waals surface area contributed by atoms with E-state index < -0.39 is 0 Å². The van der Waals surface area contributed by atoms with Crippen molar-refractivity contribution < 1.29 is 0 Å². The summed E-state index contributed by atoms with van der Waals surface area (Å²) in [5.74, 6) is 3.62. The Labute approximate surface area is 116 Å². The molecule has 17 heavy (non-hydrogen) atoms. The number of hydrogen-bond donors (Lipinski definition) is 1. The molecular formula is C14H18BrNS. The Kier molecular flexibility index (Phi) is 3.78. The van der Waals surface area contributed by atoms with Gasteiger partial charge in [0.05, 0.1) is 0 Å². The largest absolute Gasteiger partial charge is 0.310 e. The van der Waals surface area contributed by atoms with Gasteiger partial charge in [0.15, 0.2) is 0 Å². The lowest BCUT2D eigenvalue weighted by atomic mass is 10.1. The number of aryl methyl sites for hydroxylation is 1. The van der Waals surface area contributed by atoms with Crippen molar-refractivity contribution in [1.29, 1.82) is 0 Å². The molecule has 92 valence electrons. The Hall–Kier alpha value is 0.01000. The molecule has 0 bridgehead atoms. The zero-order chi connectivity index (χ0) is 11.7. The summed E-state index contributed by atoms with van der Waals surface area (Å²) in [6, 6.07) is 7.34. The molecule has 2 unspecified atom stereocenters. The molecule has 2 atom stereocenters. The summed E-state index contributed by atoms with van der Waals surface area (Å²) in [4.78, 5) is 0. The van der Waals surface area contributed by atoms with Crippen molar-refractivity contribution in [2.75, 3.05) is 18.1 Å². The van der Waals surface area contributed by atoms with Crippen LogP contribution in [-0.2, 0) is 6.42 Å². The highest BCUT2D eigenvalue weighted by Crippen LogP contribution is 2.33. The molecule has 0 spiro atoms. The second-order valence-electron chi connectivity index (χ2n) is 5.07. The van der Waals surface area contributed by atoms with Gasteiger partial charge < -0.3 is 5.32 Å². The number of thioether (sulfide) groups is 1. The van der Waals surface area contributed by atoms with Crippen molar-refractivity contribution in [1.82, 2.24) is 5.32 Å². The molecule has 1 aromatic carbocycles. The van der Waals surface area contributed by atoms with E-state index in [9.17, 15) is 0 Å². The highest BCUT2D eigenvalue weighted by molar-refractivity contribution is 9.10. The fourth-order valence-corrected chi connectivity index (χ4v) is 4.54. The van der Waals surface area contributed by atoms with Gasteiger partial charge >= 0.3 is 0 Å². The third kappa shape index (κ3) is 2.72. The van der Waals surface area contributed by atoms with Crippen LogP contribution in [-0.4, -0.2) is 18.1 Å². The van der Waals surface area contributed by atoms with Crippen LogP contribution >= 0.6 is 27.7 Å². The third-order valence-corrected chi connectivity index (χ3v) is 5.58. The molecule has 1 saturated heterocycles. The van der Waals surface area contributed by atoms with Gasteiger partial charge in [-0.1, -0.05) is 22.0 Å². The summed E-state index contributed by atoms with van der Waals surface area (Å²) in [7, 11) is 0. The summed E-state index contributed by atoms with van der Waals surface area (Å²) in [6.45, 7) is 1.20. The molecule has 0 saturated carbocycles. The summed E-state index contributed by atoms with van der Waals surface area (Å²) >= 11 is 5.66. The first-order valence-corrected chi connectivity index (χ1v) is 8.37. The Bertz CT molecular complexity index is 401. The van der Waals surface area contributed by atoms with E-state index in [2.05, 4.69) is 51.2 Å². The van der Waals surface area contributed by atoms with E-state index in [0.717, 1.165) is 5.92 Å². The van der Waals surface area contributed by atoms with Crippen molar-refractivity contribution in [2.45, 2.75) is 25.3 Å². The summed E-state index contributed by atoms with van der Waals surface area (Å²) in [6.07, 6.45) is 3.90. The van der Waals surface area contributed by atoms with Gasteiger partial charge in [-0.05, 0) is 66.5 Å². The second-order valence-corrected chi connectivity index (χ2v) is 7.14. The molecule has 1 aliphatic carbocycles. The van der Waals surface area contributed by atoms with Crippen LogP contribution in [0.1, 0.15) is 30.0 Å². The topological polar surface area (TPSA) is 12.0 Å². The molecule has 3 heteroatoms. The lowest BCUT2D eigenvalue weighted by Crippen LogP contribution is -2.26. The van der Waals surface area contributed by atoms with Gasteiger partial charge in [0.25, 0.3) is 0 Å². The SMILES string of the molecule is Brc1ccc2c(c1)CCC2NCC1CCSC1. The average Bonchev–Trinajstić information content (AvgIpc) is 2.94. The molecule has 0 radical (unpaired) electrons. The van der Waals surface area contributed by atoms with E-state index in [-0.39, 0.29) is 0 Å². The van der Waals surface area contributed by atoms with E-state index in [1.165, 1.54) is 52.9 Å². The molecule has 0 aromatic heterocycles. The van der Waals surface area contributed by atoms with Crippen molar-refractivity contribution in [3.05, 3.63) is 33.8 Å². The first kappa shape index (κ1) is 12.1. The minimum Gasteiger partial charge on any atom is -0.310 e. The monoisotopic (exact) mass is 311 g/mol. The van der Waals surface area contributed by atoms with E-state index in [1.54, 1.807) is 0 Å². The quantitative estimate of drug-likeness (QED) is 0.911. The van der Waals surface area contributed by atoms with Crippen LogP contribution in [0.3, 0.4) is 0 Å². The van der Waals surface area contributed by atoms with Crippen LogP contribution in [0, 0.1) is 5.92 Å². The molecule has 2 aliphatic rings. The Morgan fingerprint density at radius 2 is 2.29 bits per heavy atom. The zero-order valence-electron chi connectivity index (χ0n) is 9.92. The molecular weight excluding hydrogens is 294 g/mol. The van der Waals surface area contributed by atoms with Crippen LogP contribution in [0.5, 0.6) is 0 Å². The molecule has 1 fully saturated rings. The maximum Gasteiger partial charge on any atom is 0.0326 e. The standard InChI is InChI=1S/C14H18BrNS/c15-12-2-3-13-11(7-12)1-4-14(13)16-8-10-5-6-17-9-10/h2-3,7,10,14,16H,1,4-6,8-9H2. The highest BCUT2D eigenvalue weighted by Gasteiger charge is 2.23. The molecule has 1 aliphatic heterocycles. The predicted molar refractivity (Wildman–Crippen MR) is 78.6 cm³/mol. The number of nitrogens with one attached hydrogen (secondary N) is 1. The van der Waals surface area contributed by atoms with Gasteiger partial charge in [-0.15, -0.1) is 0 Å². The molecule has 1 aromatic rings. The van der Waals surface area contributed by atoms with Crippen molar-refractivity contribution >= 4 is 27.7 Å². The van der Waals surface area contributed by atoms with Gasteiger partial charge in [0.2, 0.25) is 0 Å². The minimum absolute atomic E-state index is 0.601. The maximum atomic E-state index is 3.77. The first-order chi connectivity index (χ1) is 8.33. The number of hydrogen-bond acceptors (Lipinski definition) is 2. The van der Waals surface area contributed by atoms with Crippen LogP contribution in [0.2, 0.25) is 0 Å². The minimum atomic E-state index is 0.601. The summed E-state index contributed by atoms with van der Waals surface area (Å²) in [5.41, 5.74) is 3.05. The number of rotatable bonds is 3. The van der Waals surface area contributed by atoms with Crippen LogP contribution < -0.4 is 5.32 Å². The van der Waals surface area contributed by atoms with Gasteiger partial charge in [-0.25, -0.2) is 0 Å². The fraction of sp³-hybridized carbons (Fsp3) is 0.571. The Morgan fingerprint density at radius 1 is 1.35 bits per heavy atom. The van der Waals surface area contributed by atoms with Gasteiger partial charge in [0, 0.05) is 10.5 Å². The van der Waals surface area contributed by atoms with Crippen molar-refractivity contribution in [3.63, 3.8) is 0 Å². The van der Waals surface area contributed by atoms with Crippen molar-refractivity contribution in [2.24, 2.45) is 5.92 Å². The number of fused-ring (bicyclic) bond motifs is 1. The number of halogens is 1. The average molecular weight is 312 g/mol. The lowest BCUT2D eigenvalue weighted by Gasteiger charge is -2.17. The van der Waals surface area contributed by atoms with Crippen LogP contribution in [0.4, 0.5) is 0 Å². The van der Waals surface area contributed by atoms with Crippen molar-refractivity contribution in [3.8, 4) is 0 Å². The zero-order valence-corrected chi connectivity index (χ0v) is 12.3. The first-order valence-electron chi connectivity index (χ1n) is 6.42. The predicted octanol–water partition coefficient (Wildman–Crippen LogP) is 3.78. The smallest absolute Gasteiger partial charge is 0.0326 e. The van der Waals surface area contributed by atoms with Crippen LogP contribution in [0.25, 0.3) is 0 Å². The highest BCUT2D eigenvalue weighted by atomic mass is 79.9. The molecule has 1 nitrogen and oxygen atoms in total. The van der Waals surface area contributed by atoms with Gasteiger partial charge in [0.1, 0.15) is 0 Å². The molecule has 1 N–H and O–H groups in total. The molecule has 3 rings (SSSR count). The third-order valence-electron chi connectivity index (χ3n) is 3.86. The van der Waals surface area contributed by atoms with E-state index >= 15 is 0 Å². The lowest BCUT2D eigenvalue weighted by molar-refractivity contribution is 0.457. The fourth-order valence-electron chi connectivity index (χ4n) is 2.85. The molecule has 0 amide bonds. The maximum absolute atomic E-state index is 3.77. The summed E-state index contributed by atoms with van der Waals surface area (Å²) < 4.78 is 1.21. The second kappa shape index (κ2) is 5.33. The normalized spacial score (nSPS) is 27.4. The van der Waals surface area contributed by atoms with E-state index in [1.807, 2.05) is 0 Å². The summed E-state index contributed by atoms with van der Waals surface area (Å²) in [5, 5.41) is 3.77. The Morgan fingerprint density at radius 3 is 3.12 bits per heavy atom. The van der Waals surface area contributed by atoms with Gasteiger partial charge in [-0.2, -0.15) is 11.8 Å². The van der Waals surface area contributed by atoms with Crippen LogP contribution in [0.15, 0.2) is 22.7 Å².